The van der Waals surface area contributed by atoms with Crippen LogP contribution in [0.2, 0.25) is 0 Å². The highest BCUT2D eigenvalue weighted by atomic mass is 32.2. The van der Waals surface area contributed by atoms with Gasteiger partial charge in [0.15, 0.2) is 0 Å². The molecular weight excluding hydrogens is 391 g/mol. The van der Waals surface area contributed by atoms with Gasteiger partial charge in [-0.2, -0.15) is 0 Å². The van der Waals surface area contributed by atoms with Crippen LogP contribution in [-0.2, 0) is 22.5 Å². The highest BCUT2D eigenvalue weighted by Gasteiger charge is 2.52. The van der Waals surface area contributed by atoms with Crippen molar-refractivity contribution in [3.8, 4) is 0 Å². The summed E-state index contributed by atoms with van der Waals surface area (Å²) in [7, 11) is 0. The number of carbonyl (C=O) groups excluding carboxylic acids is 1. The molecule has 2 atom stereocenters. The summed E-state index contributed by atoms with van der Waals surface area (Å²) in [5.41, 5.74) is 0.811. The Hall–Kier alpha value is -1.31. The molecule has 29 heavy (non-hydrogen) atoms. The van der Waals surface area contributed by atoms with E-state index in [9.17, 15) is 13.7 Å². The van der Waals surface area contributed by atoms with Crippen molar-refractivity contribution in [2.75, 3.05) is 13.1 Å². The van der Waals surface area contributed by atoms with Gasteiger partial charge >= 0.3 is 6.09 Å². The zero-order valence-electron chi connectivity index (χ0n) is 18.3. The van der Waals surface area contributed by atoms with Gasteiger partial charge in [-0.1, -0.05) is 12.1 Å². The van der Waals surface area contributed by atoms with Crippen LogP contribution in [0.3, 0.4) is 0 Å². The van der Waals surface area contributed by atoms with Crippen LogP contribution in [0.25, 0.3) is 0 Å². The Bertz CT molecular complexity index is 764. The van der Waals surface area contributed by atoms with Crippen LogP contribution in [0, 0.1) is 11.2 Å². The fraction of sp³-hybridized carbons (Fsp3) is 0.682. The second-order valence-electron chi connectivity index (χ2n) is 10.3. The normalized spacial score (nSPS) is 22.5. The van der Waals surface area contributed by atoms with Crippen molar-refractivity contribution in [2.45, 2.75) is 77.2 Å². The van der Waals surface area contributed by atoms with E-state index in [4.69, 9.17) is 4.74 Å². The average Bonchev–Trinajstić information content (AvgIpc) is 2.87. The first kappa shape index (κ1) is 22.4. The molecule has 1 heterocycles. The Kier molecular flexibility index (Phi) is 5.98. The Morgan fingerprint density at radius 2 is 1.86 bits per heavy atom. The third-order valence-electron chi connectivity index (χ3n) is 5.78. The first-order chi connectivity index (χ1) is 13.3. The number of ether oxygens (including phenoxy) is 1. The van der Waals surface area contributed by atoms with Gasteiger partial charge in [0.25, 0.3) is 0 Å². The number of carbonyl (C=O) groups is 1. The molecule has 1 N–H and O–H groups in total. The van der Waals surface area contributed by atoms with Crippen LogP contribution in [0.15, 0.2) is 18.2 Å². The van der Waals surface area contributed by atoms with E-state index in [2.05, 4.69) is 4.72 Å². The fourth-order valence-corrected chi connectivity index (χ4v) is 5.18. The average molecular weight is 425 g/mol. The largest absolute Gasteiger partial charge is 0.598 e. The molecule has 0 radical (unpaired) electrons. The van der Waals surface area contributed by atoms with Crippen molar-refractivity contribution in [2.24, 2.45) is 5.41 Å². The Morgan fingerprint density at radius 1 is 1.24 bits per heavy atom. The number of likely N-dealkylation sites (tertiary alicyclic amines) is 1. The summed E-state index contributed by atoms with van der Waals surface area (Å²) in [6, 6.07) is 4.84. The van der Waals surface area contributed by atoms with Crippen molar-refractivity contribution in [3.63, 3.8) is 0 Å². The maximum Gasteiger partial charge on any atom is 0.410 e. The number of nitrogens with zero attached hydrogens (tertiary/aromatic N) is 1. The van der Waals surface area contributed by atoms with E-state index in [0.29, 0.717) is 31.5 Å². The molecule has 2 unspecified atom stereocenters. The van der Waals surface area contributed by atoms with E-state index < -0.39 is 21.7 Å². The Morgan fingerprint density at radius 3 is 2.41 bits per heavy atom. The minimum atomic E-state index is -1.32. The molecule has 1 saturated heterocycles. The van der Waals surface area contributed by atoms with Gasteiger partial charge in [-0.3, -0.25) is 0 Å². The molecule has 1 aromatic carbocycles. The molecule has 5 nitrogen and oxygen atoms in total. The molecule has 1 spiro atoms. The van der Waals surface area contributed by atoms with Gasteiger partial charge in [0, 0.05) is 35.4 Å². The predicted octanol–water partition coefficient (Wildman–Crippen LogP) is 4.49. The molecule has 2 aliphatic rings. The topological polar surface area (TPSA) is 64.6 Å². The molecule has 1 aliphatic carbocycles. The molecule has 162 valence electrons. The van der Waals surface area contributed by atoms with Crippen LogP contribution in [0.1, 0.15) is 71.6 Å². The first-order valence-electron chi connectivity index (χ1n) is 10.3. The molecule has 7 heteroatoms. The summed E-state index contributed by atoms with van der Waals surface area (Å²) in [5, 5.41) is 0. The number of hydrogen-bond donors (Lipinski definition) is 1. The van der Waals surface area contributed by atoms with Crippen molar-refractivity contribution < 1.29 is 18.5 Å². The lowest BCUT2D eigenvalue weighted by molar-refractivity contribution is 0.00705. The van der Waals surface area contributed by atoms with Gasteiger partial charge in [0.05, 0.1) is 6.04 Å². The van der Waals surface area contributed by atoms with Gasteiger partial charge < -0.3 is 14.2 Å². The molecule has 0 aromatic heterocycles. The minimum Gasteiger partial charge on any atom is -0.598 e. The number of piperidine rings is 1. The van der Waals surface area contributed by atoms with Crippen molar-refractivity contribution in [1.29, 1.82) is 0 Å². The number of hydrogen-bond acceptors (Lipinski definition) is 4. The third kappa shape index (κ3) is 4.72. The van der Waals surface area contributed by atoms with E-state index in [0.717, 1.165) is 12.0 Å². The minimum absolute atomic E-state index is 0.252. The van der Waals surface area contributed by atoms with Gasteiger partial charge in [0.1, 0.15) is 16.2 Å². The molecule has 1 aromatic rings. The molecule has 1 amide bonds. The van der Waals surface area contributed by atoms with Gasteiger partial charge in [-0.05, 0) is 72.4 Å². The van der Waals surface area contributed by atoms with E-state index in [-0.39, 0.29) is 23.4 Å². The third-order valence-corrected chi connectivity index (χ3v) is 7.34. The van der Waals surface area contributed by atoms with Crippen LogP contribution in [0.5, 0.6) is 0 Å². The number of amides is 1. The van der Waals surface area contributed by atoms with Crippen molar-refractivity contribution in [1.82, 2.24) is 9.62 Å². The molecule has 1 aliphatic heterocycles. The maximum atomic E-state index is 14.8. The standard InChI is InChI=1S/C22H33FN2O3S/c1-20(2,3)28-19(26)25-12-10-22(11-13-25)14-15-8-7-9-16(23)17(15)18(22)24-29(27)21(4,5)6/h7-9,18,24H,10-14H2,1-6H3. The number of halogens is 1. The highest BCUT2D eigenvalue weighted by molar-refractivity contribution is 7.90. The number of rotatable bonds is 2. The smallest absolute Gasteiger partial charge is 0.410 e. The Labute approximate surface area is 176 Å². The SMILES string of the molecule is CC(C)(C)OC(=O)N1CCC2(CC1)Cc1cccc(F)c1C2N[S+]([O-])C(C)(C)C. The second-order valence-corrected chi connectivity index (χ2v) is 12.2. The molecular formula is C22H33FN2O3S. The summed E-state index contributed by atoms with van der Waals surface area (Å²) < 4.78 is 36.0. The van der Waals surface area contributed by atoms with Gasteiger partial charge in [-0.15, -0.1) is 4.72 Å². The number of benzene rings is 1. The summed E-state index contributed by atoms with van der Waals surface area (Å²) in [6.07, 6.45) is 1.83. The molecule has 0 bridgehead atoms. The quantitative estimate of drug-likeness (QED) is 0.711. The van der Waals surface area contributed by atoms with Gasteiger partial charge in [-0.25, -0.2) is 9.18 Å². The van der Waals surface area contributed by atoms with Gasteiger partial charge in [0.2, 0.25) is 0 Å². The molecule has 0 saturated carbocycles. The predicted molar refractivity (Wildman–Crippen MR) is 113 cm³/mol. The number of nitrogens with one attached hydrogen (secondary N) is 1. The number of fused-ring (bicyclic) bond motifs is 1. The van der Waals surface area contributed by atoms with Crippen LogP contribution in [-0.4, -0.2) is 39.0 Å². The summed E-state index contributed by atoms with van der Waals surface area (Å²) in [5.74, 6) is -0.252. The van der Waals surface area contributed by atoms with Crippen LogP contribution in [0.4, 0.5) is 9.18 Å². The summed E-state index contributed by atoms with van der Waals surface area (Å²) in [4.78, 5) is 14.2. The Balaban J connectivity index is 1.83. The zero-order valence-corrected chi connectivity index (χ0v) is 19.1. The zero-order chi connectivity index (χ0) is 21.6. The maximum absolute atomic E-state index is 14.8. The lowest BCUT2D eigenvalue weighted by Crippen LogP contribution is -2.51. The lowest BCUT2D eigenvalue weighted by atomic mass is 9.73. The molecule has 3 rings (SSSR count). The van der Waals surface area contributed by atoms with E-state index in [1.807, 2.05) is 47.6 Å². The fourth-order valence-electron chi connectivity index (χ4n) is 4.24. The van der Waals surface area contributed by atoms with E-state index in [1.165, 1.54) is 6.07 Å². The second kappa shape index (κ2) is 7.75. The highest BCUT2D eigenvalue weighted by Crippen LogP contribution is 2.53. The van der Waals surface area contributed by atoms with E-state index >= 15 is 0 Å². The monoisotopic (exact) mass is 424 g/mol. The summed E-state index contributed by atoms with van der Waals surface area (Å²) >= 11 is -1.32. The lowest BCUT2D eigenvalue weighted by Gasteiger charge is -2.43. The van der Waals surface area contributed by atoms with Crippen molar-refractivity contribution in [3.05, 3.63) is 35.1 Å². The van der Waals surface area contributed by atoms with Crippen LogP contribution >= 0.6 is 0 Å². The summed E-state index contributed by atoms with van der Waals surface area (Å²) in [6.45, 7) is 12.4. The molecule has 1 fully saturated rings. The van der Waals surface area contributed by atoms with Crippen LogP contribution < -0.4 is 4.72 Å². The van der Waals surface area contributed by atoms with E-state index in [1.54, 1.807) is 11.0 Å². The first-order valence-corrected chi connectivity index (χ1v) is 11.4. The van der Waals surface area contributed by atoms with Crippen molar-refractivity contribution >= 4 is 17.5 Å².